The zero-order valence-corrected chi connectivity index (χ0v) is 31.3. The molecule has 12 nitrogen and oxygen atoms in total. The summed E-state index contributed by atoms with van der Waals surface area (Å²) in [6, 6.07) is 22.4. The van der Waals surface area contributed by atoms with Crippen molar-refractivity contribution in [1.29, 1.82) is 0 Å². The lowest BCUT2D eigenvalue weighted by Gasteiger charge is -2.39. The van der Waals surface area contributed by atoms with Crippen molar-refractivity contribution in [1.82, 2.24) is 5.32 Å². The minimum atomic E-state index is -1.04. The molecule has 4 aromatic carbocycles. The van der Waals surface area contributed by atoms with E-state index in [0.29, 0.717) is 51.9 Å². The molecule has 0 aromatic heterocycles. The molecule has 4 aliphatic rings. The topological polar surface area (TPSA) is 137 Å². The first-order valence-electron chi connectivity index (χ1n) is 18.5. The molecule has 12 heteroatoms. The number of benzene rings is 4. The fraction of sp³-hybridized carbons (Fsp3) is 0.372. The maximum Gasteiger partial charge on any atom is 0.407 e. The molecular weight excluding hydrogens is 706 g/mol. The fourth-order valence-electron chi connectivity index (χ4n) is 8.58. The van der Waals surface area contributed by atoms with E-state index in [-0.39, 0.29) is 31.8 Å². The van der Waals surface area contributed by atoms with E-state index in [9.17, 15) is 14.4 Å². The first kappa shape index (κ1) is 36.1. The van der Waals surface area contributed by atoms with E-state index in [4.69, 9.17) is 37.9 Å². The molecule has 0 radical (unpaired) electrons. The maximum atomic E-state index is 14.3. The lowest BCUT2D eigenvalue weighted by atomic mass is 9.66. The molecular formula is C43H43NO11. The number of amides is 1. The molecule has 1 saturated heterocycles. The maximum absolute atomic E-state index is 14.3. The molecule has 286 valence electrons. The SMILES string of the molecule is CC[C@H](C)[C@@H](NC(=O)OCC1c2ccccc2-c2ccccc21)C(=O)O[C@H]1c2cc3c(cc2C(c2cc(OC)c(OC)c(OC)c2)[C@@H]2C(=O)OC[C@H]12)OCO3. The average molecular weight is 750 g/mol. The Hall–Kier alpha value is -5.91. The van der Waals surface area contributed by atoms with Gasteiger partial charge in [0.05, 0.1) is 33.9 Å². The van der Waals surface area contributed by atoms with Gasteiger partial charge in [0, 0.05) is 23.3 Å². The third kappa shape index (κ3) is 6.23. The molecule has 4 aromatic rings. The number of ether oxygens (including phenoxy) is 8. The van der Waals surface area contributed by atoms with Crippen molar-refractivity contribution in [2.75, 3.05) is 41.3 Å². The van der Waals surface area contributed by atoms with E-state index in [0.717, 1.165) is 22.3 Å². The number of hydrogen-bond donors (Lipinski definition) is 1. The van der Waals surface area contributed by atoms with E-state index in [1.54, 1.807) is 6.07 Å². The van der Waals surface area contributed by atoms with Gasteiger partial charge in [-0.2, -0.15) is 0 Å². The third-order valence-corrected chi connectivity index (χ3v) is 11.5. The molecule has 55 heavy (non-hydrogen) atoms. The van der Waals surface area contributed by atoms with Crippen molar-refractivity contribution in [3.8, 4) is 39.9 Å². The summed E-state index contributed by atoms with van der Waals surface area (Å²) in [6.07, 6.45) is -1.07. The fourth-order valence-corrected chi connectivity index (χ4v) is 8.58. The zero-order chi connectivity index (χ0) is 38.4. The summed E-state index contributed by atoms with van der Waals surface area (Å²) in [5.41, 5.74) is 6.44. The molecule has 1 N–H and O–H groups in total. The highest BCUT2D eigenvalue weighted by atomic mass is 16.7. The molecule has 0 saturated carbocycles. The second kappa shape index (κ2) is 14.7. The van der Waals surface area contributed by atoms with E-state index < -0.39 is 47.9 Å². The molecule has 2 heterocycles. The number of carbonyl (C=O) groups is 3. The number of carbonyl (C=O) groups excluding carboxylic acids is 3. The molecule has 6 atom stereocenters. The summed E-state index contributed by atoms with van der Waals surface area (Å²) in [7, 11) is 4.58. The zero-order valence-electron chi connectivity index (χ0n) is 31.3. The van der Waals surface area contributed by atoms with Crippen LogP contribution >= 0.6 is 0 Å². The predicted octanol–water partition coefficient (Wildman–Crippen LogP) is 6.91. The van der Waals surface area contributed by atoms with Gasteiger partial charge >= 0.3 is 18.0 Å². The van der Waals surface area contributed by atoms with Crippen LogP contribution < -0.4 is 29.0 Å². The van der Waals surface area contributed by atoms with Crippen LogP contribution in [-0.4, -0.2) is 65.4 Å². The number of fused-ring (bicyclic) bond motifs is 6. The van der Waals surface area contributed by atoms with Gasteiger partial charge in [0.25, 0.3) is 0 Å². The minimum absolute atomic E-state index is 0.0179. The molecule has 1 amide bonds. The summed E-state index contributed by atoms with van der Waals surface area (Å²) in [5, 5.41) is 2.82. The highest BCUT2D eigenvalue weighted by Gasteiger charge is 2.54. The van der Waals surface area contributed by atoms with Crippen LogP contribution in [-0.2, 0) is 23.8 Å². The van der Waals surface area contributed by atoms with E-state index >= 15 is 0 Å². The molecule has 0 spiro atoms. The highest BCUT2D eigenvalue weighted by Crippen LogP contribution is 2.56. The van der Waals surface area contributed by atoms with Crippen LogP contribution in [0, 0.1) is 17.8 Å². The Bertz CT molecular complexity index is 2080. The minimum Gasteiger partial charge on any atom is -0.493 e. The monoisotopic (exact) mass is 749 g/mol. The van der Waals surface area contributed by atoms with Crippen LogP contribution in [0.15, 0.2) is 72.8 Å². The number of hydrogen-bond acceptors (Lipinski definition) is 11. The quantitative estimate of drug-likeness (QED) is 0.127. The van der Waals surface area contributed by atoms with Crippen molar-refractivity contribution < 1.29 is 52.3 Å². The third-order valence-electron chi connectivity index (χ3n) is 11.5. The van der Waals surface area contributed by atoms with Gasteiger partial charge in [-0.25, -0.2) is 9.59 Å². The summed E-state index contributed by atoms with van der Waals surface area (Å²) >= 11 is 0. The molecule has 8 rings (SSSR count). The smallest absolute Gasteiger partial charge is 0.407 e. The van der Waals surface area contributed by atoms with Crippen molar-refractivity contribution >= 4 is 18.0 Å². The van der Waals surface area contributed by atoms with Crippen molar-refractivity contribution in [3.05, 3.63) is 101 Å². The average Bonchev–Trinajstić information content (AvgIpc) is 3.92. The van der Waals surface area contributed by atoms with Gasteiger partial charge in [0.1, 0.15) is 18.8 Å². The first-order chi connectivity index (χ1) is 26.8. The number of rotatable bonds is 11. The van der Waals surface area contributed by atoms with E-state index in [1.807, 2.05) is 68.4 Å². The number of alkyl carbamates (subject to hydrolysis) is 1. The second-order valence-corrected chi connectivity index (χ2v) is 14.3. The first-order valence-corrected chi connectivity index (χ1v) is 18.5. The molecule has 2 aliphatic heterocycles. The largest absolute Gasteiger partial charge is 0.493 e. The van der Waals surface area contributed by atoms with Crippen LogP contribution in [0.3, 0.4) is 0 Å². The Morgan fingerprint density at radius 1 is 0.818 bits per heavy atom. The summed E-state index contributed by atoms with van der Waals surface area (Å²) in [5.74, 6) is -1.16. The van der Waals surface area contributed by atoms with Crippen molar-refractivity contribution in [3.63, 3.8) is 0 Å². The van der Waals surface area contributed by atoms with Crippen LogP contribution in [0.1, 0.15) is 66.0 Å². The van der Waals surface area contributed by atoms with Crippen LogP contribution in [0.4, 0.5) is 4.79 Å². The Morgan fingerprint density at radius 3 is 2.04 bits per heavy atom. The van der Waals surface area contributed by atoms with Crippen LogP contribution in [0.25, 0.3) is 11.1 Å². The van der Waals surface area contributed by atoms with Crippen LogP contribution in [0.2, 0.25) is 0 Å². The van der Waals surface area contributed by atoms with Crippen molar-refractivity contribution in [2.24, 2.45) is 17.8 Å². The summed E-state index contributed by atoms with van der Waals surface area (Å²) in [6.45, 7) is 3.93. The van der Waals surface area contributed by atoms with Gasteiger partial charge in [-0.15, -0.1) is 0 Å². The van der Waals surface area contributed by atoms with E-state index in [2.05, 4.69) is 17.4 Å². The number of esters is 2. The van der Waals surface area contributed by atoms with E-state index in [1.165, 1.54) is 21.3 Å². The molecule has 2 aliphatic carbocycles. The van der Waals surface area contributed by atoms with Gasteiger partial charge in [0.15, 0.2) is 23.0 Å². The lowest BCUT2D eigenvalue weighted by molar-refractivity contribution is -0.158. The van der Waals surface area contributed by atoms with Gasteiger partial charge < -0.3 is 43.2 Å². The predicted molar refractivity (Wildman–Crippen MR) is 199 cm³/mol. The normalized spacial score (nSPS) is 21.2. The number of cyclic esters (lactones) is 1. The van der Waals surface area contributed by atoms with Crippen LogP contribution in [0.5, 0.6) is 28.7 Å². The Kier molecular flexibility index (Phi) is 9.66. The molecule has 0 bridgehead atoms. The van der Waals surface area contributed by atoms with Gasteiger partial charge in [-0.3, -0.25) is 4.79 Å². The van der Waals surface area contributed by atoms with Gasteiger partial charge in [-0.05, 0) is 63.6 Å². The van der Waals surface area contributed by atoms with Gasteiger partial charge in [-0.1, -0.05) is 68.8 Å². The lowest BCUT2D eigenvalue weighted by Crippen LogP contribution is -2.47. The molecule has 1 fully saturated rings. The van der Waals surface area contributed by atoms with Gasteiger partial charge in [0.2, 0.25) is 12.5 Å². The standard InChI is InChI=1S/C43H43NO11/c1-6-22(2)38(44-43(47)52-19-30-26-13-9-7-11-24(26)25-12-8-10-14-27(25)30)42(46)55-39-29-18-33-32(53-21-54-33)17-28(29)36(37-31(39)20-51-41(37)45)23-15-34(48-3)40(50-5)35(16-23)49-4/h7-18,22,30-31,36-39H,6,19-21H2,1-5H3,(H,44,47)/t22-,31-,36?,37+,38+,39-/m0/s1. The number of methoxy groups -OCH3 is 3. The Balaban J connectivity index is 1.09. The molecule has 1 unspecified atom stereocenters. The second-order valence-electron chi connectivity index (χ2n) is 14.3. The highest BCUT2D eigenvalue weighted by molar-refractivity contribution is 5.83. The Labute approximate surface area is 318 Å². The Morgan fingerprint density at radius 2 is 1.44 bits per heavy atom. The number of nitrogens with one attached hydrogen (secondary N) is 1. The summed E-state index contributed by atoms with van der Waals surface area (Å²) < 4.78 is 46.4. The van der Waals surface area contributed by atoms with Crippen molar-refractivity contribution in [2.45, 2.75) is 44.2 Å². The summed E-state index contributed by atoms with van der Waals surface area (Å²) in [4.78, 5) is 41.5.